The van der Waals surface area contributed by atoms with Gasteiger partial charge in [-0.25, -0.2) is 0 Å². The van der Waals surface area contributed by atoms with Crippen LogP contribution in [-0.2, 0) is 4.74 Å². The minimum atomic E-state index is 0.283. The first-order valence-corrected chi connectivity index (χ1v) is 4.61. The summed E-state index contributed by atoms with van der Waals surface area (Å²) >= 11 is 0. The highest BCUT2D eigenvalue weighted by molar-refractivity contribution is 4.78. The zero-order chi connectivity index (χ0) is 8.27. The molecule has 0 spiro atoms. The third-order valence-corrected chi connectivity index (χ3v) is 2.20. The highest BCUT2D eigenvalue weighted by Crippen LogP contribution is 2.20. The van der Waals surface area contributed by atoms with Crippen molar-refractivity contribution in [2.75, 3.05) is 0 Å². The fourth-order valence-electron chi connectivity index (χ4n) is 1.64. The Morgan fingerprint density at radius 2 is 1.91 bits per heavy atom. The van der Waals surface area contributed by atoms with E-state index in [1.54, 1.807) is 0 Å². The molecule has 1 aliphatic rings. The number of nitrogens with two attached hydrogens (primary N) is 1. The van der Waals surface area contributed by atoms with Gasteiger partial charge in [-0.1, -0.05) is 12.8 Å². The zero-order valence-electron chi connectivity index (χ0n) is 7.55. The lowest BCUT2D eigenvalue weighted by Gasteiger charge is -2.30. The van der Waals surface area contributed by atoms with E-state index in [2.05, 4.69) is 13.8 Å². The van der Waals surface area contributed by atoms with E-state index >= 15 is 0 Å². The maximum absolute atomic E-state index is 5.90. The molecule has 1 saturated carbocycles. The summed E-state index contributed by atoms with van der Waals surface area (Å²) in [6.45, 7) is 4.14. The first-order valence-electron chi connectivity index (χ1n) is 4.61. The van der Waals surface area contributed by atoms with Crippen LogP contribution in [0, 0.1) is 0 Å². The maximum atomic E-state index is 5.90. The topological polar surface area (TPSA) is 35.2 Å². The molecule has 0 amide bonds. The molecule has 2 heteroatoms. The predicted molar refractivity (Wildman–Crippen MR) is 46.5 cm³/mol. The molecule has 0 radical (unpaired) electrons. The first-order chi connectivity index (χ1) is 5.20. The van der Waals surface area contributed by atoms with Gasteiger partial charge in [-0.05, 0) is 26.7 Å². The van der Waals surface area contributed by atoms with Gasteiger partial charge in [-0.15, -0.1) is 0 Å². The van der Waals surface area contributed by atoms with Gasteiger partial charge in [-0.2, -0.15) is 0 Å². The van der Waals surface area contributed by atoms with E-state index in [1.807, 2.05) is 0 Å². The van der Waals surface area contributed by atoms with Gasteiger partial charge in [0.15, 0.2) is 0 Å². The van der Waals surface area contributed by atoms with Crippen molar-refractivity contribution in [3.63, 3.8) is 0 Å². The van der Waals surface area contributed by atoms with Crippen molar-refractivity contribution in [2.24, 2.45) is 5.73 Å². The van der Waals surface area contributed by atoms with Gasteiger partial charge in [-0.3, -0.25) is 0 Å². The molecule has 1 aliphatic carbocycles. The number of hydrogen-bond acceptors (Lipinski definition) is 2. The summed E-state index contributed by atoms with van der Waals surface area (Å²) in [5.41, 5.74) is 5.90. The van der Waals surface area contributed by atoms with Crippen LogP contribution >= 0.6 is 0 Å². The first kappa shape index (κ1) is 9.01. The number of rotatable bonds is 2. The second-order valence-electron chi connectivity index (χ2n) is 3.67. The van der Waals surface area contributed by atoms with Crippen LogP contribution in [0.4, 0.5) is 0 Å². The second-order valence-corrected chi connectivity index (χ2v) is 3.67. The third-order valence-electron chi connectivity index (χ3n) is 2.20. The van der Waals surface area contributed by atoms with Crippen LogP contribution in [0.2, 0.25) is 0 Å². The summed E-state index contributed by atoms with van der Waals surface area (Å²) in [7, 11) is 0. The highest BCUT2D eigenvalue weighted by Gasteiger charge is 2.22. The van der Waals surface area contributed by atoms with Crippen LogP contribution in [0.5, 0.6) is 0 Å². The van der Waals surface area contributed by atoms with E-state index in [0.29, 0.717) is 12.2 Å². The SMILES string of the molecule is CC(C)O[C@H]1CCCC[C@@H]1N. The largest absolute Gasteiger partial charge is 0.374 e. The van der Waals surface area contributed by atoms with Crippen molar-refractivity contribution < 1.29 is 4.74 Å². The lowest BCUT2D eigenvalue weighted by atomic mass is 9.93. The standard InChI is InChI=1S/C9H19NO/c1-7(2)11-9-6-4-3-5-8(9)10/h7-9H,3-6,10H2,1-2H3/t8-,9-/m0/s1. The smallest absolute Gasteiger partial charge is 0.0729 e. The van der Waals surface area contributed by atoms with Gasteiger partial charge in [0.2, 0.25) is 0 Å². The van der Waals surface area contributed by atoms with Gasteiger partial charge in [0.25, 0.3) is 0 Å². The Bertz CT molecular complexity index is 114. The van der Waals surface area contributed by atoms with Crippen molar-refractivity contribution >= 4 is 0 Å². The van der Waals surface area contributed by atoms with Gasteiger partial charge in [0.1, 0.15) is 0 Å². The summed E-state index contributed by atoms with van der Waals surface area (Å²) in [6, 6.07) is 0.283. The fraction of sp³-hybridized carbons (Fsp3) is 1.00. The Hall–Kier alpha value is -0.0800. The van der Waals surface area contributed by atoms with Crippen molar-refractivity contribution in [3.8, 4) is 0 Å². The van der Waals surface area contributed by atoms with Crippen LogP contribution in [0.3, 0.4) is 0 Å². The average Bonchev–Trinajstić information content (AvgIpc) is 1.93. The molecular weight excluding hydrogens is 138 g/mol. The second kappa shape index (κ2) is 4.07. The Balaban J connectivity index is 2.29. The quantitative estimate of drug-likeness (QED) is 0.662. The van der Waals surface area contributed by atoms with Gasteiger partial charge < -0.3 is 10.5 Å². The zero-order valence-corrected chi connectivity index (χ0v) is 7.55. The van der Waals surface area contributed by atoms with Crippen molar-refractivity contribution in [3.05, 3.63) is 0 Å². The van der Waals surface area contributed by atoms with E-state index in [0.717, 1.165) is 12.8 Å². The molecule has 0 saturated heterocycles. The lowest BCUT2D eigenvalue weighted by Crippen LogP contribution is -2.40. The van der Waals surface area contributed by atoms with E-state index in [9.17, 15) is 0 Å². The minimum absolute atomic E-state index is 0.283. The minimum Gasteiger partial charge on any atom is -0.374 e. The van der Waals surface area contributed by atoms with E-state index in [1.165, 1.54) is 12.8 Å². The Morgan fingerprint density at radius 1 is 1.27 bits per heavy atom. The molecule has 66 valence electrons. The molecule has 0 bridgehead atoms. The summed E-state index contributed by atoms with van der Waals surface area (Å²) < 4.78 is 5.68. The summed E-state index contributed by atoms with van der Waals surface area (Å²) in [5, 5.41) is 0. The molecule has 0 aliphatic heterocycles. The number of ether oxygens (including phenoxy) is 1. The molecule has 0 unspecified atom stereocenters. The molecule has 11 heavy (non-hydrogen) atoms. The highest BCUT2D eigenvalue weighted by atomic mass is 16.5. The Morgan fingerprint density at radius 3 is 2.45 bits per heavy atom. The fourth-order valence-corrected chi connectivity index (χ4v) is 1.64. The number of hydrogen-bond donors (Lipinski definition) is 1. The molecule has 0 aromatic rings. The molecule has 0 aromatic heterocycles. The summed E-state index contributed by atoms with van der Waals surface area (Å²) in [4.78, 5) is 0. The van der Waals surface area contributed by atoms with Gasteiger partial charge >= 0.3 is 0 Å². The molecule has 2 nitrogen and oxygen atoms in total. The van der Waals surface area contributed by atoms with Crippen LogP contribution in [-0.4, -0.2) is 18.2 Å². The molecule has 1 rings (SSSR count). The van der Waals surface area contributed by atoms with Crippen LogP contribution < -0.4 is 5.73 Å². The maximum Gasteiger partial charge on any atom is 0.0729 e. The third kappa shape index (κ3) is 2.80. The van der Waals surface area contributed by atoms with Gasteiger partial charge in [0.05, 0.1) is 12.2 Å². The Kier molecular flexibility index (Phi) is 3.34. The van der Waals surface area contributed by atoms with E-state index < -0.39 is 0 Å². The van der Waals surface area contributed by atoms with Crippen molar-refractivity contribution in [2.45, 2.75) is 57.8 Å². The average molecular weight is 157 g/mol. The normalized spacial score (nSPS) is 32.7. The molecule has 2 atom stereocenters. The molecule has 0 aromatic carbocycles. The summed E-state index contributed by atoms with van der Waals surface area (Å²) in [6.07, 6.45) is 5.49. The Labute approximate surface area is 69.1 Å². The molecular formula is C9H19NO. The van der Waals surface area contributed by atoms with E-state index in [4.69, 9.17) is 10.5 Å². The van der Waals surface area contributed by atoms with Crippen molar-refractivity contribution in [1.82, 2.24) is 0 Å². The predicted octanol–water partition coefficient (Wildman–Crippen LogP) is 1.68. The van der Waals surface area contributed by atoms with Crippen LogP contribution in [0.25, 0.3) is 0 Å². The summed E-state index contributed by atoms with van der Waals surface area (Å²) in [5.74, 6) is 0. The molecule has 2 N–H and O–H groups in total. The van der Waals surface area contributed by atoms with Gasteiger partial charge in [0, 0.05) is 6.04 Å². The molecule has 0 heterocycles. The van der Waals surface area contributed by atoms with Crippen LogP contribution in [0.1, 0.15) is 39.5 Å². The lowest BCUT2D eigenvalue weighted by molar-refractivity contribution is -0.0228. The van der Waals surface area contributed by atoms with E-state index in [-0.39, 0.29) is 6.04 Å². The molecule has 1 fully saturated rings. The van der Waals surface area contributed by atoms with Crippen molar-refractivity contribution in [1.29, 1.82) is 0 Å². The van der Waals surface area contributed by atoms with Crippen LogP contribution in [0.15, 0.2) is 0 Å². The monoisotopic (exact) mass is 157 g/mol.